The molecule has 0 aliphatic rings. The van der Waals surface area contributed by atoms with Crippen LogP contribution < -0.4 is 5.32 Å². The highest BCUT2D eigenvalue weighted by Crippen LogP contribution is 2.30. The van der Waals surface area contributed by atoms with Crippen molar-refractivity contribution in [2.45, 2.75) is 46.5 Å². The SMILES string of the molecule is Cc1ccc(-c2nc(NC(=O)CCc3ccc(C(C)C)cc3)sc2C)cc1. The van der Waals surface area contributed by atoms with Gasteiger partial charge in [-0.15, -0.1) is 11.3 Å². The standard InChI is InChI=1S/C23H26N2OS/c1-15(2)19-12-7-18(8-13-19)9-14-21(26)24-23-25-22(17(4)27-23)20-10-5-16(3)6-11-20/h5-8,10-13,15H,9,14H2,1-4H3,(H,24,25,26). The molecule has 1 heterocycles. The highest BCUT2D eigenvalue weighted by atomic mass is 32.1. The Balaban J connectivity index is 1.59. The molecular formula is C23H26N2OS. The molecule has 0 aliphatic carbocycles. The lowest BCUT2D eigenvalue weighted by Crippen LogP contribution is -2.12. The van der Waals surface area contributed by atoms with E-state index in [1.807, 2.05) is 6.92 Å². The van der Waals surface area contributed by atoms with Crippen LogP contribution in [0.2, 0.25) is 0 Å². The van der Waals surface area contributed by atoms with E-state index in [9.17, 15) is 4.79 Å². The first-order chi connectivity index (χ1) is 12.9. The van der Waals surface area contributed by atoms with Crippen molar-refractivity contribution in [1.29, 1.82) is 0 Å². The van der Waals surface area contributed by atoms with Gasteiger partial charge >= 0.3 is 0 Å². The molecular weight excluding hydrogens is 352 g/mol. The Morgan fingerprint density at radius 3 is 2.33 bits per heavy atom. The van der Waals surface area contributed by atoms with Crippen molar-refractivity contribution in [3.8, 4) is 11.3 Å². The Bertz CT molecular complexity index is 909. The topological polar surface area (TPSA) is 42.0 Å². The van der Waals surface area contributed by atoms with Crippen LogP contribution in [0.4, 0.5) is 5.13 Å². The molecule has 1 N–H and O–H groups in total. The van der Waals surface area contributed by atoms with Crippen molar-refractivity contribution in [3.63, 3.8) is 0 Å². The van der Waals surface area contributed by atoms with Gasteiger partial charge in [0.25, 0.3) is 0 Å². The maximum atomic E-state index is 12.3. The number of aryl methyl sites for hydroxylation is 3. The molecule has 0 fully saturated rings. The maximum absolute atomic E-state index is 12.3. The molecule has 0 bridgehead atoms. The highest BCUT2D eigenvalue weighted by molar-refractivity contribution is 7.16. The molecule has 0 spiro atoms. The summed E-state index contributed by atoms with van der Waals surface area (Å²) in [6, 6.07) is 16.8. The molecule has 1 aromatic heterocycles. The van der Waals surface area contributed by atoms with E-state index in [-0.39, 0.29) is 5.91 Å². The third-order valence-electron chi connectivity index (χ3n) is 4.66. The summed E-state index contributed by atoms with van der Waals surface area (Å²) in [7, 11) is 0. The minimum Gasteiger partial charge on any atom is -0.302 e. The third kappa shape index (κ3) is 5.04. The minimum atomic E-state index is 0.00661. The first kappa shape index (κ1) is 19.3. The van der Waals surface area contributed by atoms with Gasteiger partial charge in [0.05, 0.1) is 5.69 Å². The maximum Gasteiger partial charge on any atom is 0.226 e. The first-order valence-electron chi connectivity index (χ1n) is 9.35. The van der Waals surface area contributed by atoms with Gasteiger partial charge in [-0.25, -0.2) is 4.98 Å². The fourth-order valence-electron chi connectivity index (χ4n) is 2.94. The Kier molecular flexibility index (Phi) is 6.07. The number of carbonyl (C=O) groups is 1. The summed E-state index contributed by atoms with van der Waals surface area (Å²) >= 11 is 1.53. The Morgan fingerprint density at radius 2 is 1.70 bits per heavy atom. The predicted molar refractivity (Wildman–Crippen MR) is 115 cm³/mol. The van der Waals surface area contributed by atoms with Gasteiger partial charge in [-0.3, -0.25) is 4.79 Å². The zero-order valence-electron chi connectivity index (χ0n) is 16.4. The van der Waals surface area contributed by atoms with Crippen LogP contribution in [0.25, 0.3) is 11.3 Å². The monoisotopic (exact) mass is 378 g/mol. The van der Waals surface area contributed by atoms with Crippen molar-refractivity contribution in [1.82, 2.24) is 4.98 Å². The second-order valence-electron chi connectivity index (χ2n) is 7.23. The van der Waals surface area contributed by atoms with E-state index in [2.05, 4.69) is 79.6 Å². The van der Waals surface area contributed by atoms with Gasteiger partial charge in [0.2, 0.25) is 5.91 Å². The number of amides is 1. The highest BCUT2D eigenvalue weighted by Gasteiger charge is 2.12. The number of carbonyl (C=O) groups excluding carboxylic acids is 1. The van der Waals surface area contributed by atoms with Crippen LogP contribution in [0, 0.1) is 13.8 Å². The van der Waals surface area contributed by atoms with Crippen molar-refractivity contribution in [2.75, 3.05) is 5.32 Å². The Morgan fingerprint density at radius 1 is 1.04 bits per heavy atom. The Labute approximate surface area is 165 Å². The molecule has 0 aliphatic heterocycles. The van der Waals surface area contributed by atoms with E-state index >= 15 is 0 Å². The lowest BCUT2D eigenvalue weighted by Gasteiger charge is -2.07. The Hall–Kier alpha value is -2.46. The van der Waals surface area contributed by atoms with E-state index in [4.69, 9.17) is 0 Å². The van der Waals surface area contributed by atoms with Crippen LogP contribution in [0.15, 0.2) is 48.5 Å². The largest absolute Gasteiger partial charge is 0.302 e. The van der Waals surface area contributed by atoms with Crippen LogP contribution in [0.1, 0.15) is 47.8 Å². The molecule has 2 aromatic carbocycles. The van der Waals surface area contributed by atoms with Crippen LogP contribution in [-0.4, -0.2) is 10.9 Å². The number of anilines is 1. The van der Waals surface area contributed by atoms with Gasteiger partial charge in [0.1, 0.15) is 0 Å². The molecule has 0 saturated heterocycles. The lowest BCUT2D eigenvalue weighted by atomic mass is 10.0. The second kappa shape index (κ2) is 8.49. The summed E-state index contributed by atoms with van der Waals surface area (Å²) in [5.41, 5.74) is 5.76. The summed E-state index contributed by atoms with van der Waals surface area (Å²) in [5, 5.41) is 3.62. The van der Waals surface area contributed by atoms with Gasteiger partial charge in [-0.2, -0.15) is 0 Å². The predicted octanol–water partition coefficient (Wildman–Crippen LogP) is 6.12. The third-order valence-corrected chi connectivity index (χ3v) is 5.54. The number of thiazole rings is 1. The van der Waals surface area contributed by atoms with E-state index in [1.165, 1.54) is 28.0 Å². The first-order valence-corrected chi connectivity index (χ1v) is 10.2. The number of hydrogen-bond acceptors (Lipinski definition) is 3. The fourth-order valence-corrected chi connectivity index (χ4v) is 3.79. The average molecular weight is 379 g/mol. The van der Waals surface area contributed by atoms with Crippen molar-refractivity contribution in [3.05, 3.63) is 70.1 Å². The van der Waals surface area contributed by atoms with E-state index < -0.39 is 0 Å². The lowest BCUT2D eigenvalue weighted by molar-refractivity contribution is -0.116. The molecule has 1 amide bonds. The van der Waals surface area contributed by atoms with Crippen LogP contribution in [-0.2, 0) is 11.2 Å². The molecule has 3 nitrogen and oxygen atoms in total. The van der Waals surface area contributed by atoms with Crippen molar-refractivity contribution in [2.24, 2.45) is 0 Å². The zero-order chi connectivity index (χ0) is 19.4. The zero-order valence-corrected chi connectivity index (χ0v) is 17.2. The van der Waals surface area contributed by atoms with Gasteiger partial charge in [-0.05, 0) is 37.3 Å². The van der Waals surface area contributed by atoms with Crippen LogP contribution in [0.5, 0.6) is 0 Å². The van der Waals surface area contributed by atoms with Gasteiger partial charge in [-0.1, -0.05) is 67.9 Å². The summed E-state index contributed by atoms with van der Waals surface area (Å²) in [4.78, 5) is 18.1. The number of benzene rings is 2. The molecule has 3 rings (SSSR count). The fraction of sp³-hybridized carbons (Fsp3) is 0.304. The summed E-state index contributed by atoms with van der Waals surface area (Å²) in [6.07, 6.45) is 1.19. The summed E-state index contributed by atoms with van der Waals surface area (Å²) < 4.78 is 0. The second-order valence-corrected chi connectivity index (χ2v) is 8.44. The van der Waals surface area contributed by atoms with Gasteiger partial charge in [0.15, 0.2) is 5.13 Å². The summed E-state index contributed by atoms with van der Waals surface area (Å²) in [6.45, 7) is 8.48. The number of aromatic nitrogens is 1. The molecule has 140 valence electrons. The number of rotatable bonds is 6. The normalized spacial score (nSPS) is 11.0. The molecule has 0 unspecified atom stereocenters. The van der Waals surface area contributed by atoms with E-state index in [1.54, 1.807) is 0 Å². The molecule has 3 aromatic rings. The molecule has 27 heavy (non-hydrogen) atoms. The number of nitrogens with zero attached hydrogens (tertiary/aromatic N) is 1. The smallest absolute Gasteiger partial charge is 0.226 e. The minimum absolute atomic E-state index is 0.00661. The molecule has 0 radical (unpaired) electrons. The molecule has 0 atom stereocenters. The summed E-state index contributed by atoms with van der Waals surface area (Å²) in [5.74, 6) is 0.533. The average Bonchev–Trinajstić information content (AvgIpc) is 3.01. The molecule has 4 heteroatoms. The van der Waals surface area contributed by atoms with Crippen molar-refractivity contribution < 1.29 is 4.79 Å². The van der Waals surface area contributed by atoms with Crippen LogP contribution in [0.3, 0.4) is 0 Å². The quantitative estimate of drug-likeness (QED) is 0.561. The number of nitrogens with one attached hydrogen (secondary N) is 1. The van der Waals surface area contributed by atoms with Crippen molar-refractivity contribution >= 4 is 22.4 Å². The van der Waals surface area contributed by atoms with Gasteiger partial charge in [0, 0.05) is 16.9 Å². The number of hydrogen-bond donors (Lipinski definition) is 1. The van der Waals surface area contributed by atoms with E-state index in [0.717, 1.165) is 22.6 Å². The van der Waals surface area contributed by atoms with Crippen LogP contribution >= 0.6 is 11.3 Å². The van der Waals surface area contributed by atoms with Gasteiger partial charge < -0.3 is 5.32 Å². The molecule has 0 saturated carbocycles. The van der Waals surface area contributed by atoms with E-state index in [0.29, 0.717) is 17.5 Å².